The number of hydrogen-bond acceptors (Lipinski definition) is 3. The van der Waals surface area contributed by atoms with Crippen molar-refractivity contribution in [2.75, 3.05) is 11.4 Å². The number of halogens is 1. The smallest absolute Gasteiger partial charge is 0.405 e. The van der Waals surface area contributed by atoms with Gasteiger partial charge in [-0.3, -0.25) is 9.59 Å². The molecule has 20 heavy (non-hydrogen) atoms. The van der Waals surface area contributed by atoms with Gasteiger partial charge in [0.05, 0.1) is 5.69 Å². The fourth-order valence-corrected chi connectivity index (χ4v) is 2.15. The third kappa shape index (κ3) is 2.61. The van der Waals surface area contributed by atoms with E-state index >= 15 is 0 Å². The fourth-order valence-electron chi connectivity index (χ4n) is 2.15. The Labute approximate surface area is 114 Å². The summed E-state index contributed by atoms with van der Waals surface area (Å²) in [5, 5.41) is 10.7. The second kappa shape index (κ2) is 5.28. The van der Waals surface area contributed by atoms with Crippen LogP contribution in [0.1, 0.15) is 23.7 Å². The molecule has 0 aromatic heterocycles. The second-order valence-corrected chi connectivity index (χ2v) is 4.50. The number of nitrogens with zero attached hydrogens (tertiary/aromatic N) is 1. The number of rotatable bonds is 3. The van der Waals surface area contributed by atoms with Gasteiger partial charge >= 0.3 is 6.09 Å². The van der Waals surface area contributed by atoms with Gasteiger partial charge in [-0.05, 0) is 31.5 Å². The first kappa shape index (κ1) is 14.0. The summed E-state index contributed by atoms with van der Waals surface area (Å²) in [5.41, 5.74) is 0.271. The summed E-state index contributed by atoms with van der Waals surface area (Å²) in [6.07, 6.45) is -1.02. The molecule has 1 fully saturated rings. The molecule has 1 aliphatic heterocycles. The van der Waals surface area contributed by atoms with E-state index in [0.717, 1.165) is 6.07 Å². The van der Waals surface area contributed by atoms with Gasteiger partial charge in [0.1, 0.15) is 11.9 Å². The summed E-state index contributed by atoms with van der Waals surface area (Å²) < 4.78 is 13.9. The number of nitrogens with one attached hydrogen (secondary N) is 1. The van der Waals surface area contributed by atoms with Crippen molar-refractivity contribution in [1.29, 1.82) is 0 Å². The number of carbonyl (C=O) groups is 3. The van der Waals surface area contributed by atoms with E-state index in [9.17, 15) is 18.8 Å². The normalized spacial score (nSPS) is 18.2. The van der Waals surface area contributed by atoms with Crippen LogP contribution in [0.25, 0.3) is 0 Å². The second-order valence-electron chi connectivity index (χ2n) is 4.50. The van der Waals surface area contributed by atoms with Crippen molar-refractivity contribution in [3.8, 4) is 0 Å². The first-order chi connectivity index (χ1) is 9.40. The molecule has 1 atom stereocenters. The van der Waals surface area contributed by atoms with Gasteiger partial charge in [-0.15, -0.1) is 0 Å². The largest absolute Gasteiger partial charge is 0.465 e. The van der Waals surface area contributed by atoms with Gasteiger partial charge in [0.2, 0.25) is 5.91 Å². The molecule has 2 amide bonds. The summed E-state index contributed by atoms with van der Waals surface area (Å²) in [5.74, 6) is -1.45. The Morgan fingerprint density at radius 3 is 2.70 bits per heavy atom. The Hall–Kier alpha value is -2.44. The lowest BCUT2D eigenvalue weighted by molar-refractivity contribution is -0.118. The van der Waals surface area contributed by atoms with Crippen molar-refractivity contribution < 1.29 is 23.9 Å². The Morgan fingerprint density at radius 2 is 2.15 bits per heavy atom. The van der Waals surface area contributed by atoms with Gasteiger partial charge in [0.15, 0.2) is 5.78 Å². The highest BCUT2D eigenvalue weighted by Gasteiger charge is 2.34. The van der Waals surface area contributed by atoms with Gasteiger partial charge in [0, 0.05) is 12.1 Å². The zero-order valence-electron chi connectivity index (χ0n) is 10.7. The molecule has 0 spiro atoms. The lowest BCUT2D eigenvalue weighted by Gasteiger charge is -2.17. The summed E-state index contributed by atoms with van der Waals surface area (Å²) in [6.45, 7) is 1.54. The van der Waals surface area contributed by atoms with Gasteiger partial charge in [-0.25, -0.2) is 9.18 Å². The maximum Gasteiger partial charge on any atom is 0.405 e. The zero-order chi connectivity index (χ0) is 14.9. The van der Waals surface area contributed by atoms with Crippen LogP contribution in [0.3, 0.4) is 0 Å². The zero-order valence-corrected chi connectivity index (χ0v) is 10.7. The van der Waals surface area contributed by atoms with E-state index in [0.29, 0.717) is 0 Å². The van der Waals surface area contributed by atoms with Crippen LogP contribution in [0.15, 0.2) is 18.2 Å². The predicted octanol–water partition coefficient (Wildman–Crippen LogP) is 1.40. The average Bonchev–Trinajstić information content (AvgIpc) is 2.70. The number of hydrogen-bond donors (Lipinski definition) is 2. The summed E-state index contributed by atoms with van der Waals surface area (Å²) in [4.78, 5) is 34.8. The molecule has 106 valence electrons. The Bertz CT molecular complexity index is 588. The minimum Gasteiger partial charge on any atom is -0.465 e. The van der Waals surface area contributed by atoms with Crippen LogP contribution in [-0.2, 0) is 4.79 Å². The molecule has 1 aliphatic rings. The standard InChI is InChI=1S/C13H13FN2O4/c1-7(17)8-2-3-11(9(14)6-8)16-5-4-10(12(16)18)15-13(19)20/h2-3,6,10,15H,4-5H2,1H3,(H,19,20)/t10-/m0/s1. The Morgan fingerprint density at radius 1 is 1.45 bits per heavy atom. The molecule has 0 bridgehead atoms. The van der Waals surface area contributed by atoms with Crippen LogP contribution in [0.2, 0.25) is 0 Å². The molecule has 2 rings (SSSR count). The first-order valence-corrected chi connectivity index (χ1v) is 6.01. The van der Waals surface area contributed by atoms with E-state index in [4.69, 9.17) is 5.11 Å². The maximum absolute atomic E-state index is 13.9. The molecule has 7 heteroatoms. The van der Waals surface area contributed by atoms with Crippen LogP contribution in [0, 0.1) is 5.82 Å². The number of carbonyl (C=O) groups excluding carboxylic acids is 2. The van der Waals surface area contributed by atoms with E-state index in [1.165, 1.54) is 24.0 Å². The molecule has 0 radical (unpaired) electrons. The monoisotopic (exact) mass is 280 g/mol. The minimum atomic E-state index is -1.29. The highest BCUT2D eigenvalue weighted by Crippen LogP contribution is 2.25. The summed E-state index contributed by atoms with van der Waals surface area (Å²) in [7, 11) is 0. The lowest BCUT2D eigenvalue weighted by Crippen LogP contribution is -2.41. The number of ketones is 1. The van der Waals surface area contributed by atoms with Crippen LogP contribution >= 0.6 is 0 Å². The van der Waals surface area contributed by atoms with Crippen molar-refractivity contribution in [3.05, 3.63) is 29.6 Å². The van der Waals surface area contributed by atoms with E-state index < -0.39 is 23.9 Å². The van der Waals surface area contributed by atoms with E-state index in [-0.39, 0.29) is 30.0 Å². The van der Waals surface area contributed by atoms with Gasteiger partial charge in [-0.1, -0.05) is 0 Å². The number of anilines is 1. The van der Waals surface area contributed by atoms with E-state index in [1.54, 1.807) is 0 Å². The molecule has 0 unspecified atom stereocenters. The number of carboxylic acid groups (broad SMARTS) is 1. The SMILES string of the molecule is CC(=O)c1ccc(N2CC[C@H](NC(=O)O)C2=O)c(F)c1. The molecule has 0 saturated carbocycles. The molecule has 1 aromatic carbocycles. The predicted molar refractivity (Wildman–Crippen MR) is 68.3 cm³/mol. The fraction of sp³-hybridized carbons (Fsp3) is 0.308. The van der Waals surface area contributed by atoms with Crippen LogP contribution in [-0.4, -0.2) is 35.5 Å². The molecule has 0 aliphatic carbocycles. The van der Waals surface area contributed by atoms with Crippen LogP contribution in [0.5, 0.6) is 0 Å². The van der Waals surface area contributed by atoms with Crippen molar-refractivity contribution in [3.63, 3.8) is 0 Å². The van der Waals surface area contributed by atoms with Crippen LogP contribution < -0.4 is 10.2 Å². The van der Waals surface area contributed by atoms with E-state index in [1.807, 2.05) is 0 Å². The Balaban J connectivity index is 2.23. The highest BCUT2D eigenvalue weighted by atomic mass is 19.1. The highest BCUT2D eigenvalue weighted by molar-refractivity contribution is 6.01. The van der Waals surface area contributed by atoms with Gasteiger partial charge < -0.3 is 15.3 Å². The molecular weight excluding hydrogens is 267 g/mol. The topological polar surface area (TPSA) is 86.7 Å². The lowest BCUT2D eigenvalue weighted by atomic mass is 10.1. The average molecular weight is 280 g/mol. The first-order valence-electron chi connectivity index (χ1n) is 6.01. The number of Topliss-reactive ketones (excluding diaryl/α,β-unsaturated/α-hetero) is 1. The van der Waals surface area contributed by atoms with Gasteiger partial charge in [-0.2, -0.15) is 0 Å². The summed E-state index contributed by atoms with van der Waals surface area (Å²) in [6, 6.07) is 3.00. The number of amides is 2. The molecule has 2 N–H and O–H groups in total. The van der Waals surface area contributed by atoms with Crippen molar-refractivity contribution in [2.45, 2.75) is 19.4 Å². The van der Waals surface area contributed by atoms with Crippen molar-refractivity contribution in [2.24, 2.45) is 0 Å². The van der Waals surface area contributed by atoms with Crippen molar-refractivity contribution in [1.82, 2.24) is 5.32 Å². The number of benzene rings is 1. The third-order valence-corrected chi connectivity index (χ3v) is 3.15. The molecule has 6 nitrogen and oxygen atoms in total. The summed E-state index contributed by atoms with van der Waals surface area (Å²) >= 11 is 0. The van der Waals surface area contributed by atoms with Crippen molar-refractivity contribution >= 4 is 23.5 Å². The third-order valence-electron chi connectivity index (χ3n) is 3.15. The molecular formula is C13H13FN2O4. The minimum absolute atomic E-state index is 0.0506. The molecule has 1 saturated heterocycles. The molecule has 1 aromatic rings. The Kier molecular flexibility index (Phi) is 3.69. The quantitative estimate of drug-likeness (QED) is 0.819. The van der Waals surface area contributed by atoms with E-state index in [2.05, 4.69) is 5.32 Å². The molecule has 1 heterocycles. The van der Waals surface area contributed by atoms with Gasteiger partial charge in [0.25, 0.3) is 0 Å². The maximum atomic E-state index is 13.9. The van der Waals surface area contributed by atoms with Crippen LogP contribution in [0.4, 0.5) is 14.9 Å².